The highest BCUT2D eigenvalue weighted by molar-refractivity contribution is 5.77. The summed E-state index contributed by atoms with van der Waals surface area (Å²) in [5, 5.41) is 14.0. The van der Waals surface area contributed by atoms with Gasteiger partial charge in [0.15, 0.2) is 6.10 Å². The van der Waals surface area contributed by atoms with Gasteiger partial charge in [-0.2, -0.15) is 0 Å². The standard InChI is InChI=1S/C12H23N3O4/c1-9(8-15-5-3-4-6-15)14-12(18)13-7-10(19-2)11(16)17/h9-10H,3-8H2,1-2H3,(H,16,17)(H2,13,14,18). The minimum atomic E-state index is -1.09. The van der Waals surface area contributed by atoms with Gasteiger partial charge in [0, 0.05) is 19.7 Å². The Hall–Kier alpha value is -1.34. The van der Waals surface area contributed by atoms with E-state index < -0.39 is 12.1 Å². The zero-order valence-corrected chi connectivity index (χ0v) is 11.5. The second-order valence-corrected chi connectivity index (χ2v) is 4.83. The third-order valence-electron chi connectivity index (χ3n) is 3.12. The Kier molecular flexibility index (Phi) is 6.58. The summed E-state index contributed by atoms with van der Waals surface area (Å²) >= 11 is 0. The zero-order valence-electron chi connectivity index (χ0n) is 11.5. The summed E-state index contributed by atoms with van der Waals surface area (Å²) in [6.07, 6.45) is 1.42. The first-order valence-electron chi connectivity index (χ1n) is 6.55. The number of hydrogen-bond donors (Lipinski definition) is 3. The van der Waals surface area contributed by atoms with Gasteiger partial charge in [0.1, 0.15) is 0 Å². The Morgan fingerprint density at radius 1 is 1.37 bits per heavy atom. The Morgan fingerprint density at radius 3 is 2.53 bits per heavy atom. The van der Waals surface area contributed by atoms with Crippen molar-refractivity contribution in [1.82, 2.24) is 15.5 Å². The maximum Gasteiger partial charge on any atom is 0.334 e. The summed E-state index contributed by atoms with van der Waals surface area (Å²) < 4.78 is 4.72. The number of carbonyl (C=O) groups excluding carboxylic acids is 1. The lowest BCUT2D eigenvalue weighted by Crippen LogP contribution is -2.48. The Bertz CT molecular complexity index is 305. The quantitative estimate of drug-likeness (QED) is 0.601. The first kappa shape index (κ1) is 15.7. The van der Waals surface area contributed by atoms with Crippen LogP contribution in [0.25, 0.3) is 0 Å². The fraction of sp³-hybridized carbons (Fsp3) is 0.833. The van der Waals surface area contributed by atoms with Crippen LogP contribution in [0.3, 0.4) is 0 Å². The van der Waals surface area contributed by atoms with Crippen LogP contribution in [-0.2, 0) is 9.53 Å². The molecule has 7 nitrogen and oxygen atoms in total. The highest BCUT2D eigenvalue weighted by Gasteiger charge is 2.19. The molecule has 1 aliphatic rings. The first-order chi connectivity index (χ1) is 9.02. The van der Waals surface area contributed by atoms with E-state index in [-0.39, 0.29) is 18.6 Å². The lowest BCUT2D eigenvalue weighted by atomic mass is 10.3. The molecule has 1 saturated heterocycles. The summed E-state index contributed by atoms with van der Waals surface area (Å²) in [6.45, 7) is 4.87. The van der Waals surface area contributed by atoms with Gasteiger partial charge in [0.25, 0.3) is 0 Å². The number of carbonyl (C=O) groups is 2. The molecule has 2 atom stereocenters. The van der Waals surface area contributed by atoms with E-state index in [1.165, 1.54) is 20.0 Å². The number of carboxylic acid groups (broad SMARTS) is 1. The number of nitrogens with one attached hydrogen (secondary N) is 2. The molecule has 0 bridgehead atoms. The van der Waals surface area contributed by atoms with Crippen molar-refractivity contribution in [3.63, 3.8) is 0 Å². The van der Waals surface area contributed by atoms with Gasteiger partial charge >= 0.3 is 12.0 Å². The predicted octanol–water partition coefficient (Wildman–Crippen LogP) is -0.130. The molecule has 3 N–H and O–H groups in total. The van der Waals surface area contributed by atoms with E-state index in [4.69, 9.17) is 9.84 Å². The zero-order chi connectivity index (χ0) is 14.3. The molecule has 7 heteroatoms. The van der Waals surface area contributed by atoms with E-state index in [2.05, 4.69) is 15.5 Å². The fourth-order valence-electron chi connectivity index (χ4n) is 2.13. The van der Waals surface area contributed by atoms with Crippen molar-refractivity contribution in [2.24, 2.45) is 0 Å². The molecule has 2 amide bonds. The first-order valence-corrected chi connectivity index (χ1v) is 6.55. The minimum Gasteiger partial charge on any atom is -0.479 e. The molecular formula is C12H23N3O4. The molecule has 1 fully saturated rings. The van der Waals surface area contributed by atoms with Crippen molar-refractivity contribution in [2.45, 2.75) is 31.9 Å². The van der Waals surface area contributed by atoms with Gasteiger partial charge in [-0.05, 0) is 32.9 Å². The van der Waals surface area contributed by atoms with E-state index in [0.717, 1.165) is 19.6 Å². The third kappa shape index (κ3) is 5.89. The monoisotopic (exact) mass is 273 g/mol. The summed E-state index contributed by atoms with van der Waals surface area (Å²) in [7, 11) is 1.30. The molecule has 0 aromatic heterocycles. The number of likely N-dealkylation sites (tertiary alicyclic amines) is 1. The predicted molar refractivity (Wildman–Crippen MR) is 70.1 cm³/mol. The molecule has 1 heterocycles. The summed E-state index contributed by atoms with van der Waals surface area (Å²) in [5.41, 5.74) is 0. The van der Waals surface area contributed by atoms with Crippen LogP contribution in [0.15, 0.2) is 0 Å². The van der Waals surface area contributed by atoms with Crippen molar-refractivity contribution < 1.29 is 19.4 Å². The second-order valence-electron chi connectivity index (χ2n) is 4.83. The molecule has 0 saturated carbocycles. The molecule has 110 valence electrons. The van der Waals surface area contributed by atoms with E-state index >= 15 is 0 Å². The number of ether oxygens (including phenoxy) is 1. The van der Waals surface area contributed by atoms with Crippen LogP contribution in [0.2, 0.25) is 0 Å². The SMILES string of the molecule is COC(CNC(=O)NC(C)CN1CCCC1)C(=O)O. The van der Waals surface area contributed by atoms with Gasteiger partial charge < -0.3 is 25.4 Å². The topological polar surface area (TPSA) is 90.9 Å². The summed E-state index contributed by atoms with van der Waals surface area (Å²) in [4.78, 5) is 24.6. The van der Waals surface area contributed by atoms with Crippen LogP contribution in [0.5, 0.6) is 0 Å². The molecular weight excluding hydrogens is 250 g/mol. The second kappa shape index (κ2) is 7.96. The van der Waals surface area contributed by atoms with Gasteiger partial charge in [0.05, 0.1) is 6.54 Å². The number of urea groups is 1. The number of carboxylic acids is 1. The molecule has 0 radical (unpaired) electrons. The van der Waals surface area contributed by atoms with Crippen LogP contribution in [0.4, 0.5) is 4.79 Å². The van der Waals surface area contributed by atoms with Crippen LogP contribution in [0, 0.1) is 0 Å². The van der Waals surface area contributed by atoms with E-state index in [1.807, 2.05) is 6.92 Å². The Morgan fingerprint density at radius 2 is 2.00 bits per heavy atom. The lowest BCUT2D eigenvalue weighted by molar-refractivity contribution is -0.147. The normalized spacial score (nSPS) is 18.8. The number of nitrogens with zero attached hydrogens (tertiary/aromatic N) is 1. The van der Waals surface area contributed by atoms with Crippen LogP contribution < -0.4 is 10.6 Å². The molecule has 0 aliphatic carbocycles. The highest BCUT2D eigenvalue weighted by atomic mass is 16.5. The number of amides is 2. The molecule has 0 aromatic rings. The Balaban J connectivity index is 2.20. The number of hydrogen-bond acceptors (Lipinski definition) is 4. The van der Waals surface area contributed by atoms with Gasteiger partial charge in [-0.15, -0.1) is 0 Å². The van der Waals surface area contributed by atoms with Crippen LogP contribution >= 0.6 is 0 Å². The van der Waals surface area contributed by atoms with Gasteiger partial charge in [0.2, 0.25) is 0 Å². The molecule has 1 rings (SSSR count). The van der Waals surface area contributed by atoms with Crippen molar-refractivity contribution in [3.05, 3.63) is 0 Å². The fourth-order valence-corrected chi connectivity index (χ4v) is 2.13. The smallest absolute Gasteiger partial charge is 0.334 e. The van der Waals surface area contributed by atoms with E-state index in [1.54, 1.807) is 0 Å². The average Bonchev–Trinajstić information content (AvgIpc) is 2.81. The maximum absolute atomic E-state index is 11.6. The molecule has 0 spiro atoms. The van der Waals surface area contributed by atoms with Gasteiger partial charge in [-0.3, -0.25) is 0 Å². The number of methoxy groups -OCH3 is 1. The Labute approximate surface area is 113 Å². The third-order valence-corrected chi connectivity index (χ3v) is 3.12. The summed E-state index contributed by atoms with van der Waals surface area (Å²) in [5.74, 6) is -1.09. The highest BCUT2D eigenvalue weighted by Crippen LogP contribution is 2.07. The molecule has 0 aromatic carbocycles. The van der Waals surface area contributed by atoms with Crippen LogP contribution in [0.1, 0.15) is 19.8 Å². The lowest BCUT2D eigenvalue weighted by Gasteiger charge is -2.21. The van der Waals surface area contributed by atoms with Crippen molar-refractivity contribution >= 4 is 12.0 Å². The molecule has 1 aliphatic heterocycles. The average molecular weight is 273 g/mol. The molecule has 2 unspecified atom stereocenters. The summed E-state index contributed by atoms with van der Waals surface area (Å²) in [6, 6.07) is -0.334. The maximum atomic E-state index is 11.6. The minimum absolute atomic E-state index is 0.0314. The van der Waals surface area contributed by atoms with Gasteiger partial charge in [-0.1, -0.05) is 0 Å². The van der Waals surface area contributed by atoms with Crippen molar-refractivity contribution in [2.75, 3.05) is 33.3 Å². The number of rotatable bonds is 7. The number of aliphatic carboxylic acids is 1. The van der Waals surface area contributed by atoms with Crippen molar-refractivity contribution in [3.8, 4) is 0 Å². The van der Waals surface area contributed by atoms with E-state index in [0.29, 0.717) is 0 Å². The molecule has 19 heavy (non-hydrogen) atoms. The van der Waals surface area contributed by atoms with Crippen LogP contribution in [-0.4, -0.2) is 67.4 Å². The van der Waals surface area contributed by atoms with Gasteiger partial charge in [-0.25, -0.2) is 9.59 Å². The van der Waals surface area contributed by atoms with E-state index in [9.17, 15) is 9.59 Å². The largest absolute Gasteiger partial charge is 0.479 e. The van der Waals surface area contributed by atoms with Crippen molar-refractivity contribution in [1.29, 1.82) is 0 Å².